The van der Waals surface area contributed by atoms with Crippen LogP contribution in [0.2, 0.25) is 0 Å². The topological polar surface area (TPSA) is 17.1 Å². The maximum atomic E-state index is 11.4. The molecule has 0 saturated carbocycles. The van der Waals surface area contributed by atoms with Crippen molar-refractivity contribution in [1.82, 2.24) is 0 Å². The molecule has 2 rings (SSSR count). The Kier molecular flexibility index (Phi) is 1.72. The highest BCUT2D eigenvalue weighted by molar-refractivity contribution is 5.96. The summed E-state index contributed by atoms with van der Waals surface area (Å²) < 4.78 is 0. The molecule has 2 atom stereocenters. The van der Waals surface area contributed by atoms with Gasteiger partial charge in [0.25, 0.3) is 0 Å². The lowest BCUT2D eigenvalue weighted by atomic mass is 9.82. The summed E-state index contributed by atoms with van der Waals surface area (Å²) in [5.41, 5.74) is 1.13. The monoisotopic (exact) mass is 160 g/mol. The Morgan fingerprint density at radius 1 is 1.33 bits per heavy atom. The number of allylic oxidation sites excluding steroid dienone is 5. The van der Waals surface area contributed by atoms with Crippen molar-refractivity contribution >= 4 is 5.78 Å². The van der Waals surface area contributed by atoms with E-state index < -0.39 is 0 Å². The first-order chi connectivity index (χ1) is 5.83. The van der Waals surface area contributed by atoms with E-state index in [0.29, 0.717) is 11.7 Å². The van der Waals surface area contributed by atoms with Crippen LogP contribution < -0.4 is 0 Å². The van der Waals surface area contributed by atoms with E-state index in [1.807, 2.05) is 6.08 Å². The second-order valence-electron chi connectivity index (χ2n) is 3.41. The van der Waals surface area contributed by atoms with Crippen molar-refractivity contribution in [3.63, 3.8) is 0 Å². The zero-order valence-electron chi connectivity index (χ0n) is 6.99. The minimum atomic E-state index is 0.225. The Labute approximate surface area is 72.5 Å². The van der Waals surface area contributed by atoms with Gasteiger partial charge in [0.05, 0.1) is 0 Å². The number of rotatable bonds is 1. The van der Waals surface area contributed by atoms with Crippen LogP contribution in [-0.2, 0) is 4.79 Å². The van der Waals surface area contributed by atoms with Gasteiger partial charge in [0.2, 0.25) is 0 Å². The molecule has 0 amide bonds. The van der Waals surface area contributed by atoms with Crippen molar-refractivity contribution in [2.24, 2.45) is 11.8 Å². The van der Waals surface area contributed by atoms with Crippen molar-refractivity contribution in [2.75, 3.05) is 0 Å². The van der Waals surface area contributed by atoms with E-state index in [2.05, 4.69) is 18.7 Å². The van der Waals surface area contributed by atoms with Gasteiger partial charge >= 0.3 is 0 Å². The smallest absolute Gasteiger partial charge is 0.159 e. The fourth-order valence-electron chi connectivity index (χ4n) is 2.09. The van der Waals surface area contributed by atoms with Gasteiger partial charge in [-0.1, -0.05) is 24.8 Å². The lowest BCUT2D eigenvalue weighted by molar-refractivity contribution is -0.118. The lowest BCUT2D eigenvalue weighted by Crippen LogP contribution is -2.18. The minimum Gasteiger partial charge on any atom is -0.295 e. The van der Waals surface area contributed by atoms with Crippen molar-refractivity contribution in [3.8, 4) is 0 Å². The molecule has 0 heterocycles. The number of hydrogen-bond acceptors (Lipinski definition) is 1. The number of hydrogen-bond donors (Lipinski definition) is 0. The van der Waals surface area contributed by atoms with Crippen LogP contribution in [0.4, 0.5) is 0 Å². The van der Waals surface area contributed by atoms with Gasteiger partial charge in [0.15, 0.2) is 5.78 Å². The second-order valence-corrected chi connectivity index (χ2v) is 3.41. The van der Waals surface area contributed by atoms with Gasteiger partial charge in [0, 0.05) is 5.92 Å². The summed E-state index contributed by atoms with van der Waals surface area (Å²) in [6, 6.07) is 0. The molecule has 0 aromatic rings. The first-order valence-corrected chi connectivity index (χ1v) is 4.36. The van der Waals surface area contributed by atoms with Gasteiger partial charge in [-0.2, -0.15) is 0 Å². The van der Waals surface area contributed by atoms with Gasteiger partial charge in [-0.05, 0) is 30.4 Å². The predicted molar refractivity (Wildman–Crippen MR) is 48.6 cm³/mol. The number of carbonyl (C=O) groups excluding carboxylic acids is 1. The maximum Gasteiger partial charge on any atom is 0.159 e. The Bertz CT molecular complexity index is 283. The van der Waals surface area contributed by atoms with E-state index >= 15 is 0 Å². The first-order valence-electron chi connectivity index (χ1n) is 4.36. The molecule has 2 aliphatic rings. The van der Waals surface area contributed by atoms with Crippen LogP contribution >= 0.6 is 0 Å². The molecule has 1 nitrogen and oxygen atoms in total. The molecule has 62 valence electrons. The predicted octanol–water partition coefficient (Wildman–Crippen LogP) is 2.26. The zero-order chi connectivity index (χ0) is 8.55. The number of carbonyl (C=O) groups is 1. The Morgan fingerprint density at radius 3 is 2.67 bits per heavy atom. The molecular formula is C11H12O. The highest BCUT2D eigenvalue weighted by atomic mass is 16.1. The molecule has 2 aliphatic carbocycles. The van der Waals surface area contributed by atoms with Crippen molar-refractivity contribution in [1.29, 1.82) is 0 Å². The van der Waals surface area contributed by atoms with E-state index in [1.165, 1.54) is 0 Å². The highest BCUT2D eigenvalue weighted by Gasteiger charge is 2.34. The largest absolute Gasteiger partial charge is 0.295 e. The summed E-state index contributed by atoms with van der Waals surface area (Å²) in [5, 5.41) is 0. The summed E-state index contributed by atoms with van der Waals surface area (Å²) in [4.78, 5) is 11.4. The molecule has 0 fully saturated rings. The molecule has 0 unspecified atom stereocenters. The quantitative estimate of drug-likeness (QED) is 0.538. The molecule has 0 spiro atoms. The molecule has 1 heteroatoms. The van der Waals surface area contributed by atoms with Gasteiger partial charge in [-0.25, -0.2) is 0 Å². The minimum absolute atomic E-state index is 0.225. The molecule has 0 bridgehead atoms. The van der Waals surface area contributed by atoms with Gasteiger partial charge < -0.3 is 0 Å². The molecule has 0 N–H and O–H groups in total. The average molecular weight is 160 g/mol. The normalized spacial score (nSPS) is 33.0. The van der Waals surface area contributed by atoms with Crippen molar-refractivity contribution in [3.05, 3.63) is 36.5 Å². The second kappa shape index (κ2) is 2.74. The SMILES string of the molecule is C=CC1=CC(=O)[C@@H]2CC=CC[C@H]12. The summed E-state index contributed by atoms with van der Waals surface area (Å²) in [6.45, 7) is 3.72. The van der Waals surface area contributed by atoms with E-state index in [1.54, 1.807) is 6.08 Å². The van der Waals surface area contributed by atoms with Crippen LogP contribution in [0.5, 0.6) is 0 Å². The summed E-state index contributed by atoms with van der Waals surface area (Å²) in [6.07, 6.45) is 9.78. The Hall–Kier alpha value is -1.11. The lowest BCUT2D eigenvalue weighted by Gasteiger charge is -2.21. The third-order valence-electron chi connectivity index (χ3n) is 2.77. The van der Waals surface area contributed by atoms with Crippen LogP contribution in [0, 0.1) is 11.8 Å². The Balaban J connectivity index is 2.31. The summed E-state index contributed by atoms with van der Waals surface area (Å²) in [7, 11) is 0. The van der Waals surface area contributed by atoms with E-state index in [4.69, 9.17) is 0 Å². The van der Waals surface area contributed by atoms with Crippen molar-refractivity contribution < 1.29 is 4.79 Å². The number of ketones is 1. The molecule has 0 radical (unpaired) electrons. The molecule has 0 saturated heterocycles. The molecule has 0 aliphatic heterocycles. The molecule has 0 aromatic carbocycles. The standard InChI is InChI=1S/C11H12O/c1-2-8-7-11(12)10-6-4-3-5-9(8)10/h2-4,7,9-10H,1,5-6H2/t9-,10-/m1/s1. The maximum absolute atomic E-state index is 11.4. The van der Waals surface area contributed by atoms with Crippen molar-refractivity contribution in [2.45, 2.75) is 12.8 Å². The van der Waals surface area contributed by atoms with Crippen LogP contribution in [0.1, 0.15) is 12.8 Å². The van der Waals surface area contributed by atoms with E-state index in [0.717, 1.165) is 18.4 Å². The van der Waals surface area contributed by atoms with Gasteiger partial charge in [0.1, 0.15) is 0 Å². The van der Waals surface area contributed by atoms with Crippen LogP contribution in [0.15, 0.2) is 36.5 Å². The summed E-state index contributed by atoms with van der Waals surface area (Å²) in [5.74, 6) is 0.947. The van der Waals surface area contributed by atoms with Crippen LogP contribution in [0.3, 0.4) is 0 Å². The third-order valence-corrected chi connectivity index (χ3v) is 2.77. The summed E-state index contributed by atoms with van der Waals surface area (Å²) >= 11 is 0. The number of fused-ring (bicyclic) bond motifs is 1. The molecular weight excluding hydrogens is 148 g/mol. The fourth-order valence-corrected chi connectivity index (χ4v) is 2.09. The van der Waals surface area contributed by atoms with Crippen LogP contribution in [0.25, 0.3) is 0 Å². The Morgan fingerprint density at radius 2 is 2.00 bits per heavy atom. The highest BCUT2D eigenvalue weighted by Crippen LogP contribution is 2.37. The van der Waals surface area contributed by atoms with E-state index in [9.17, 15) is 4.79 Å². The molecule has 0 aromatic heterocycles. The van der Waals surface area contributed by atoms with Gasteiger partial charge in [-0.15, -0.1) is 0 Å². The van der Waals surface area contributed by atoms with E-state index in [-0.39, 0.29) is 5.92 Å². The molecule has 12 heavy (non-hydrogen) atoms. The van der Waals surface area contributed by atoms with Crippen LogP contribution in [-0.4, -0.2) is 5.78 Å². The average Bonchev–Trinajstić information content (AvgIpc) is 2.44. The zero-order valence-corrected chi connectivity index (χ0v) is 6.99. The van der Waals surface area contributed by atoms with Gasteiger partial charge in [-0.3, -0.25) is 4.79 Å². The first kappa shape index (κ1) is 7.53. The third kappa shape index (κ3) is 0.970. The fraction of sp³-hybridized carbons (Fsp3) is 0.364.